The number of nitro groups is 1. The Morgan fingerprint density at radius 2 is 0.915 bits per heavy atom. The van der Waals surface area contributed by atoms with Crippen molar-refractivity contribution in [3.05, 3.63) is 133 Å². The number of carboxylic acids is 1. The second kappa shape index (κ2) is 23.9. The zero-order valence-electron chi connectivity index (χ0n) is 39.3. The molecule has 0 spiro atoms. The minimum atomic E-state index is -1.13. The van der Waals surface area contributed by atoms with Crippen LogP contribution in [0.1, 0.15) is 0 Å². The quantitative estimate of drug-likeness (QED) is 0.0186. The van der Waals surface area contributed by atoms with Crippen LogP contribution in [0.4, 0.5) is 5.69 Å². The van der Waals surface area contributed by atoms with Gasteiger partial charge in [0.05, 0.1) is 86.5 Å². The summed E-state index contributed by atoms with van der Waals surface area (Å²) >= 11 is 0. The van der Waals surface area contributed by atoms with Gasteiger partial charge in [-0.2, -0.15) is 0 Å². The van der Waals surface area contributed by atoms with Gasteiger partial charge >= 0.3 is 11.9 Å². The predicted molar refractivity (Wildman–Crippen MR) is 253 cm³/mol. The van der Waals surface area contributed by atoms with Crippen LogP contribution >= 0.6 is 0 Å². The number of methoxy groups -OCH3 is 8. The highest BCUT2D eigenvalue weighted by atomic mass is 16.6. The van der Waals surface area contributed by atoms with E-state index in [0.717, 1.165) is 24.7 Å². The number of ether oxygens (including phenoxy) is 11. The monoisotopic (exact) mass is 975 g/mol. The lowest BCUT2D eigenvalue weighted by atomic mass is 10.0. The van der Waals surface area contributed by atoms with Crippen molar-refractivity contribution in [2.24, 2.45) is 0 Å². The summed E-state index contributed by atoms with van der Waals surface area (Å²) in [7, 11) is 12.1. The molecule has 0 atom stereocenters. The van der Waals surface area contributed by atoms with Gasteiger partial charge in [-0.15, -0.1) is 0 Å². The summed E-state index contributed by atoms with van der Waals surface area (Å²) in [6.07, 6.45) is 6.77. The van der Waals surface area contributed by atoms with Crippen molar-refractivity contribution in [2.45, 2.75) is 0 Å². The van der Waals surface area contributed by atoms with E-state index >= 15 is 0 Å². The van der Waals surface area contributed by atoms with Crippen LogP contribution in [-0.2, 0) is 9.59 Å². The van der Waals surface area contributed by atoms with Crippen LogP contribution in [0.5, 0.6) is 63.2 Å². The molecule has 71 heavy (non-hydrogen) atoms. The first-order valence-electron chi connectivity index (χ1n) is 20.6. The molecule has 7 aromatic rings. The molecule has 368 valence electrons. The normalized spacial score (nSPS) is 10.7. The van der Waals surface area contributed by atoms with Crippen LogP contribution in [0.15, 0.2) is 131 Å². The summed E-state index contributed by atoms with van der Waals surface area (Å²) in [4.78, 5) is 41.8. The van der Waals surface area contributed by atoms with Crippen molar-refractivity contribution in [3.8, 4) is 108 Å². The second-order valence-corrected chi connectivity index (χ2v) is 14.0. The lowest BCUT2D eigenvalue weighted by molar-refractivity contribution is -0.384. The van der Waals surface area contributed by atoms with Crippen LogP contribution in [-0.4, -0.2) is 88.8 Å². The highest BCUT2D eigenvalue weighted by molar-refractivity contribution is 5.84. The van der Waals surface area contributed by atoms with Crippen molar-refractivity contribution >= 4 is 17.6 Å². The van der Waals surface area contributed by atoms with E-state index in [-0.39, 0.29) is 17.2 Å². The zero-order valence-corrected chi connectivity index (χ0v) is 39.3. The number of benzene rings is 5. The predicted octanol–water partition coefficient (Wildman–Crippen LogP) is 9.47. The van der Waals surface area contributed by atoms with E-state index in [1.165, 1.54) is 93.9 Å². The number of carbonyl (C=O) groups excluding carboxylic acids is 1. The molecule has 2 heterocycles. The van der Waals surface area contributed by atoms with Crippen molar-refractivity contribution in [1.29, 1.82) is 0 Å². The van der Waals surface area contributed by atoms with Gasteiger partial charge in [-0.1, -0.05) is 0 Å². The minimum Gasteiger partial charge on any atom is -0.493 e. The summed E-state index contributed by atoms with van der Waals surface area (Å²) in [5.41, 5.74) is 3.52. The summed E-state index contributed by atoms with van der Waals surface area (Å²) < 4.78 is 70.8. The molecule has 2 aromatic heterocycles. The van der Waals surface area contributed by atoms with Crippen molar-refractivity contribution in [2.75, 3.05) is 56.9 Å². The molecular weight excluding hydrogens is 931 g/mol. The standard InChI is InChI=1S/C28H24N2O10.C22H21NO8/c1-34-21-10-5-17(13-22(21)38-12-11-25(31)40-20-8-6-19(7-9-20)30(32)33)27-26(29-16-39-27)18-14-23(35-2)28(37-4)24(15-18)36-3;1-26-15-6-5-13(9-16(15)30-8-7-19(24)25)21-20(23-12-31-21)14-10-17(27-2)22(29-4)18(11-14)28-3/h5-16H,1-4H3;5-12H,1-4H3,(H,24,25)/b12-11+;8-7+. The van der Waals surface area contributed by atoms with Crippen LogP contribution in [0.3, 0.4) is 0 Å². The average Bonchev–Trinajstić information content (AvgIpc) is 4.09. The topological polar surface area (TPSA) is 251 Å². The van der Waals surface area contributed by atoms with Gasteiger partial charge in [-0.05, 0) is 72.8 Å². The van der Waals surface area contributed by atoms with Crippen LogP contribution in [0.2, 0.25) is 0 Å². The molecule has 0 aliphatic rings. The van der Waals surface area contributed by atoms with Gasteiger partial charge in [0.15, 0.2) is 70.3 Å². The number of oxazole rings is 2. The molecule has 0 radical (unpaired) electrons. The zero-order chi connectivity index (χ0) is 51.0. The molecule has 0 fully saturated rings. The number of hydrogen-bond donors (Lipinski definition) is 1. The number of carbonyl (C=O) groups is 2. The van der Waals surface area contributed by atoms with E-state index in [1.807, 2.05) is 0 Å². The fourth-order valence-electron chi connectivity index (χ4n) is 6.68. The fourth-order valence-corrected chi connectivity index (χ4v) is 6.68. The third-order valence-electron chi connectivity index (χ3n) is 9.93. The lowest BCUT2D eigenvalue weighted by Crippen LogP contribution is -2.04. The van der Waals surface area contributed by atoms with Gasteiger partial charge in [0.2, 0.25) is 11.5 Å². The van der Waals surface area contributed by atoms with Crippen LogP contribution < -0.4 is 52.1 Å². The number of nitro benzene ring substituents is 1. The Labute approximate surface area is 405 Å². The van der Waals surface area contributed by atoms with Gasteiger partial charge in [0, 0.05) is 34.4 Å². The SMILES string of the molecule is COc1ccc(-c2ocnc2-c2cc(OC)c(OC)c(OC)c2)cc1O/C=C/C(=O)O.COc1ccc(-c2ocnc2-c2cc(OC)c(OC)c(OC)c2)cc1O/C=C/C(=O)Oc1ccc([N+](=O)[O-])cc1. The number of carboxylic acid groups (broad SMARTS) is 1. The lowest BCUT2D eigenvalue weighted by Gasteiger charge is -2.14. The molecule has 0 unspecified atom stereocenters. The first kappa shape index (κ1) is 50.7. The molecule has 0 aliphatic carbocycles. The number of rotatable bonds is 20. The highest BCUT2D eigenvalue weighted by Crippen LogP contribution is 2.45. The number of non-ortho nitro benzene ring substituents is 1. The summed E-state index contributed by atoms with van der Waals surface area (Å²) in [5.74, 6) is 3.34. The van der Waals surface area contributed by atoms with Crippen molar-refractivity contribution < 1.29 is 80.6 Å². The van der Waals surface area contributed by atoms with Crippen LogP contribution in [0.25, 0.3) is 45.2 Å². The number of esters is 1. The highest BCUT2D eigenvalue weighted by Gasteiger charge is 2.22. The summed E-state index contributed by atoms with van der Waals surface area (Å²) in [6.45, 7) is 0. The fraction of sp³-hybridized carbons (Fsp3) is 0.160. The first-order chi connectivity index (χ1) is 34.4. The molecule has 0 saturated carbocycles. The smallest absolute Gasteiger partial charge is 0.339 e. The van der Waals surface area contributed by atoms with E-state index in [4.69, 9.17) is 66.0 Å². The maximum absolute atomic E-state index is 12.2. The van der Waals surface area contributed by atoms with Crippen LogP contribution in [0, 0.1) is 10.1 Å². The van der Waals surface area contributed by atoms with Gasteiger partial charge in [-0.25, -0.2) is 19.6 Å². The first-order valence-corrected chi connectivity index (χ1v) is 20.6. The molecule has 7 rings (SSSR count). The molecule has 1 N–H and O–H groups in total. The molecular formula is C50H45N3O18. The molecule has 0 aliphatic heterocycles. The summed E-state index contributed by atoms with van der Waals surface area (Å²) in [6, 6.07) is 22.3. The Bertz CT molecular complexity index is 3000. The van der Waals surface area contributed by atoms with E-state index in [9.17, 15) is 19.7 Å². The Morgan fingerprint density at radius 3 is 1.28 bits per heavy atom. The minimum absolute atomic E-state index is 0.120. The number of aliphatic carboxylic acids is 1. The van der Waals surface area contributed by atoms with E-state index < -0.39 is 16.9 Å². The third kappa shape index (κ3) is 12.1. The Morgan fingerprint density at radius 1 is 0.521 bits per heavy atom. The van der Waals surface area contributed by atoms with Gasteiger partial charge < -0.3 is 66.0 Å². The number of hydrogen-bond acceptors (Lipinski definition) is 19. The summed E-state index contributed by atoms with van der Waals surface area (Å²) in [5, 5.41) is 19.5. The van der Waals surface area contributed by atoms with E-state index in [1.54, 1.807) is 60.7 Å². The molecule has 21 nitrogen and oxygen atoms in total. The van der Waals surface area contributed by atoms with Gasteiger partial charge in [0.25, 0.3) is 5.69 Å². The number of nitrogens with zero attached hydrogens (tertiary/aromatic N) is 3. The Hall–Kier alpha value is -9.66. The third-order valence-corrected chi connectivity index (χ3v) is 9.93. The molecule has 0 bridgehead atoms. The number of aromatic nitrogens is 2. The Balaban J connectivity index is 0.000000240. The molecule has 0 amide bonds. The molecule has 0 saturated heterocycles. The maximum atomic E-state index is 12.2. The van der Waals surface area contributed by atoms with Crippen molar-refractivity contribution in [1.82, 2.24) is 9.97 Å². The van der Waals surface area contributed by atoms with Gasteiger partial charge in [-0.3, -0.25) is 10.1 Å². The van der Waals surface area contributed by atoms with E-state index in [0.29, 0.717) is 96.9 Å². The van der Waals surface area contributed by atoms with Gasteiger partial charge in [0.1, 0.15) is 17.1 Å². The maximum Gasteiger partial charge on any atom is 0.339 e. The average molecular weight is 976 g/mol. The largest absolute Gasteiger partial charge is 0.493 e. The molecule has 5 aromatic carbocycles. The van der Waals surface area contributed by atoms with E-state index in [2.05, 4.69) is 9.97 Å². The second-order valence-electron chi connectivity index (χ2n) is 14.0. The Kier molecular flexibility index (Phi) is 17.1. The molecule has 21 heteroatoms. The van der Waals surface area contributed by atoms with Crippen molar-refractivity contribution in [3.63, 3.8) is 0 Å².